The summed E-state index contributed by atoms with van der Waals surface area (Å²) in [7, 11) is 1.99. The van der Waals surface area contributed by atoms with Gasteiger partial charge in [-0.1, -0.05) is 0 Å². The fraction of sp³-hybridized carbons (Fsp3) is 0.833. The molecule has 1 amide bonds. The van der Waals surface area contributed by atoms with Gasteiger partial charge in [-0.15, -0.1) is 0 Å². The summed E-state index contributed by atoms with van der Waals surface area (Å²) in [6.45, 7) is 1.73. The van der Waals surface area contributed by atoms with Crippen molar-refractivity contribution < 1.29 is 4.79 Å². The molecule has 4 nitrogen and oxygen atoms in total. The van der Waals surface area contributed by atoms with Crippen molar-refractivity contribution in [1.82, 2.24) is 10.2 Å². The Morgan fingerprint density at radius 1 is 1.70 bits per heavy atom. The number of nitrogens with two attached hydrogens (primary N) is 1. The molecule has 1 aliphatic rings. The quantitative estimate of drug-likeness (QED) is 0.456. The van der Waals surface area contributed by atoms with E-state index in [-0.39, 0.29) is 12.1 Å². The summed E-state index contributed by atoms with van der Waals surface area (Å²) in [5.41, 5.74) is 5.69. The lowest BCUT2D eigenvalue weighted by Crippen LogP contribution is -2.43. The van der Waals surface area contributed by atoms with Crippen LogP contribution < -0.4 is 11.1 Å². The van der Waals surface area contributed by atoms with Crippen LogP contribution in [0, 0.1) is 0 Å². The van der Waals surface area contributed by atoms with Crippen molar-refractivity contribution in [2.75, 3.05) is 20.1 Å². The molecule has 1 saturated heterocycles. The van der Waals surface area contributed by atoms with Crippen molar-refractivity contribution in [2.24, 2.45) is 5.73 Å². The van der Waals surface area contributed by atoms with E-state index in [1.165, 1.54) is 0 Å². The third-order valence-electron chi connectivity index (χ3n) is 1.83. The van der Waals surface area contributed by atoms with Crippen LogP contribution in [0.25, 0.3) is 0 Å². The molecule has 0 aromatic heterocycles. The minimum atomic E-state index is 0.0928. The average molecular weight is 143 g/mol. The largest absolute Gasteiger partial charge is 0.353 e. The monoisotopic (exact) mass is 143 g/mol. The first-order valence-electron chi connectivity index (χ1n) is 3.38. The van der Waals surface area contributed by atoms with E-state index in [1.807, 2.05) is 7.05 Å². The minimum absolute atomic E-state index is 0.0928. The highest BCUT2D eigenvalue weighted by Crippen LogP contribution is 2.03. The van der Waals surface area contributed by atoms with Gasteiger partial charge in [-0.2, -0.15) is 0 Å². The molecule has 0 bridgehead atoms. The van der Waals surface area contributed by atoms with Crippen LogP contribution in [0.15, 0.2) is 0 Å². The summed E-state index contributed by atoms with van der Waals surface area (Å²) < 4.78 is 0. The predicted octanol–water partition coefficient (Wildman–Crippen LogP) is -1.63. The van der Waals surface area contributed by atoms with Crippen LogP contribution in [-0.2, 0) is 4.79 Å². The van der Waals surface area contributed by atoms with Crippen LogP contribution in [0.5, 0.6) is 0 Å². The summed E-state index contributed by atoms with van der Waals surface area (Å²) in [6.07, 6.45) is 0.712. The molecule has 0 saturated carbocycles. The Bertz CT molecular complexity index is 128. The van der Waals surface area contributed by atoms with Crippen molar-refractivity contribution in [3.05, 3.63) is 0 Å². The molecule has 1 aliphatic heterocycles. The molecule has 3 N–H and O–H groups in total. The maximum Gasteiger partial charge on any atom is 0.207 e. The summed E-state index contributed by atoms with van der Waals surface area (Å²) in [5.74, 6) is 0. The highest BCUT2D eigenvalue weighted by atomic mass is 16.1. The van der Waals surface area contributed by atoms with Gasteiger partial charge in [0, 0.05) is 19.1 Å². The van der Waals surface area contributed by atoms with Gasteiger partial charge in [-0.25, -0.2) is 0 Å². The standard InChI is InChI=1S/C6H13N3O/c1-9-2-5(7)6(3-9)8-4-10/h4-6H,2-3,7H2,1H3,(H,8,10). The van der Waals surface area contributed by atoms with Crippen LogP contribution in [0.1, 0.15) is 0 Å². The smallest absolute Gasteiger partial charge is 0.207 e. The van der Waals surface area contributed by atoms with Crippen molar-refractivity contribution in [3.8, 4) is 0 Å². The molecule has 4 heteroatoms. The molecule has 0 radical (unpaired) electrons. The van der Waals surface area contributed by atoms with Crippen LogP contribution in [0.2, 0.25) is 0 Å². The molecule has 1 rings (SSSR count). The Morgan fingerprint density at radius 2 is 2.40 bits per heavy atom. The zero-order valence-corrected chi connectivity index (χ0v) is 6.08. The van der Waals surface area contributed by atoms with E-state index < -0.39 is 0 Å². The van der Waals surface area contributed by atoms with Crippen molar-refractivity contribution >= 4 is 6.41 Å². The normalized spacial score (nSPS) is 34.2. The van der Waals surface area contributed by atoms with Crippen molar-refractivity contribution in [1.29, 1.82) is 0 Å². The average Bonchev–Trinajstić information content (AvgIpc) is 2.13. The third kappa shape index (κ3) is 1.46. The Hall–Kier alpha value is -0.610. The first-order chi connectivity index (χ1) is 4.74. The zero-order valence-electron chi connectivity index (χ0n) is 6.08. The number of carbonyl (C=O) groups is 1. The SMILES string of the molecule is CN1CC(N)C(NC=O)C1. The van der Waals surface area contributed by atoms with Crippen LogP contribution in [0.4, 0.5) is 0 Å². The first kappa shape index (κ1) is 7.50. The van der Waals surface area contributed by atoms with Gasteiger partial charge in [0.1, 0.15) is 0 Å². The van der Waals surface area contributed by atoms with Crippen LogP contribution >= 0.6 is 0 Å². The van der Waals surface area contributed by atoms with E-state index >= 15 is 0 Å². The van der Waals surface area contributed by atoms with Gasteiger partial charge in [0.2, 0.25) is 6.41 Å². The maximum absolute atomic E-state index is 10.0. The fourth-order valence-electron chi connectivity index (χ4n) is 1.30. The van der Waals surface area contributed by atoms with Gasteiger partial charge in [0.25, 0.3) is 0 Å². The molecule has 2 atom stereocenters. The second-order valence-corrected chi connectivity index (χ2v) is 2.78. The number of hydrogen-bond acceptors (Lipinski definition) is 3. The third-order valence-corrected chi connectivity index (χ3v) is 1.83. The molecular formula is C6H13N3O. The van der Waals surface area contributed by atoms with E-state index in [9.17, 15) is 4.79 Å². The molecule has 1 heterocycles. The number of amides is 1. The molecule has 0 spiro atoms. The van der Waals surface area contributed by atoms with Gasteiger partial charge >= 0.3 is 0 Å². The number of nitrogens with one attached hydrogen (secondary N) is 1. The Balaban J connectivity index is 2.38. The van der Waals surface area contributed by atoms with Crippen molar-refractivity contribution in [3.63, 3.8) is 0 Å². The van der Waals surface area contributed by atoms with Gasteiger partial charge in [0.15, 0.2) is 0 Å². The summed E-state index contributed by atoms with van der Waals surface area (Å²) in [5, 5.41) is 2.68. The highest BCUT2D eigenvalue weighted by Gasteiger charge is 2.26. The Kier molecular flexibility index (Phi) is 2.24. The molecular weight excluding hydrogens is 130 g/mol. The minimum Gasteiger partial charge on any atom is -0.353 e. The second kappa shape index (κ2) is 2.98. The Morgan fingerprint density at radius 3 is 2.80 bits per heavy atom. The fourth-order valence-corrected chi connectivity index (χ4v) is 1.30. The number of carbonyl (C=O) groups excluding carboxylic acids is 1. The molecule has 0 aliphatic carbocycles. The van der Waals surface area contributed by atoms with Gasteiger partial charge < -0.3 is 16.0 Å². The summed E-state index contributed by atoms with van der Waals surface area (Å²) >= 11 is 0. The highest BCUT2D eigenvalue weighted by molar-refractivity contribution is 5.47. The van der Waals surface area contributed by atoms with Crippen molar-refractivity contribution in [2.45, 2.75) is 12.1 Å². The molecule has 1 fully saturated rings. The number of likely N-dealkylation sites (tertiary alicyclic amines) is 1. The van der Waals surface area contributed by atoms with E-state index in [0.29, 0.717) is 6.41 Å². The van der Waals surface area contributed by atoms with E-state index in [1.54, 1.807) is 0 Å². The second-order valence-electron chi connectivity index (χ2n) is 2.78. The topological polar surface area (TPSA) is 58.4 Å². The summed E-state index contributed by atoms with van der Waals surface area (Å²) in [4.78, 5) is 12.1. The Labute approximate surface area is 60.4 Å². The van der Waals surface area contributed by atoms with Crippen LogP contribution in [-0.4, -0.2) is 43.5 Å². The van der Waals surface area contributed by atoms with E-state index in [4.69, 9.17) is 5.73 Å². The molecule has 0 aromatic carbocycles. The van der Waals surface area contributed by atoms with Gasteiger partial charge in [-0.05, 0) is 7.05 Å². The lowest BCUT2D eigenvalue weighted by molar-refractivity contribution is -0.110. The number of rotatable bonds is 2. The molecule has 58 valence electrons. The lowest BCUT2D eigenvalue weighted by atomic mass is 10.2. The van der Waals surface area contributed by atoms with E-state index in [0.717, 1.165) is 13.1 Å². The molecule has 2 unspecified atom stereocenters. The summed E-state index contributed by atoms with van der Waals surface area (Å²) in [6, 6.07) is 0.234. The molecule has 10 heavy (non-hydrogen) atoms. The maximum atomic E-state index is 10.0. The number of nitrogens with zero attached hydrogens (tertiary/aromatic N) is 1. The number of likely N-dealkylation sites (N-methyl/N-ethyl adjacent to an activating group) is 1. The van der Waals surface area contributed by atoms with E-state index in [2.05, 4.69) is 10.2 Å². The predicted molar refractivity (Wildman–Crippen MR) is 38.5 cm³/mol. The van der Waals surface area contributed by atoms with Gasteiger partial charge in [-0.3, -0.25) is 4.79 Å². The number of hydrogen-bond donors (Lipinski definition) is 2. The lowest BCUT2D eigenvalue weighted by Gasteiger charge is -2.11. The molecule has 0 aromatic rings. The van der Waals surface area contributed by atoms with Crippen LogP contribution in [0.3, 0.4) is 0 Å². The zero-order chi connectivity index (χ0) is 7.56. The first-order valence-corrected chi connectivity index (χ1v) is 3.38. The van der Waals surface area contributed by atoms with Gasteiger partial charge in [0.05, 0.1) is 6.04 Å².